The van der Waals surface area contributed by atoms with Gasteiger partial charge >= 0.3 is 6.03 Å². The zero-order valence-electron chi connectivity index (χ0n) is 14.9. The summed E-state index contributed by atoms with van der Waals surface area (Å²) in [5, 5.41) is 4.91. The number of imide groups is 1. The van der Waals surface area contributed by atoms with Gasteiger partial charge in [0.05, 0.1) is 11.6 Å². The minimum absolute atomic E-state index is 0.0698. The third-order valence-corrected chi connectivity index (χ3v) is 7.76. The van der Waals surface area contributed by atoms with Crippen molar-refractivity contribution in [1.29, 1.82) is 0 Å². The SMILES string of the molecule is O=C(CN1C(=O)CNC1=O)Nc1ccc(Cl)c(S(=O)(=O)N2CCC3(CC3)C2)c1. The predicted octanol–water partition coefficient (Wildman–Crippen LogP) is 1.00. The molecule has 1 saturated carbocycles. The summed E-state index contributed by atoms with van der Waals surface area (Å²) in [4.78, 5) is 36.0. The van der Waals surface area contributed by atoms with Crippen LogP contribution in [0.2, 0.25) is 5.02 Å². The molecule has 1 spiro atoms. The summed E-state index contributed by atoms with van der Waals surface area (Å²) in [5.74, 6) is -1.11. The quantitative estimate of drug-likeness (QED) is 0.681. The van der Waals surface area contributed by atoms with Gasteiger partial charge in [-0.3, -0.25) is 14.5 Å². The Morgan fingerprint density at radius 1 is 1.25 bits per heavy atom. The molecule has 9 nitrogen and oxygen atoms in total. The first-order valence-electron chi connectivity index (χ1n) is 8.88. The molecule has 2 N–H and O–H groups in total. The zero-order valence-corrected chi connectivity index (χ0v) is 16.5. The molecular formula is C17H19ClN4O5S. The fourth-order valence-electron chi connectivity index (χ4n) is 3.56. The first-order chi connectivity index (χ1) is 13.2. The fraction of sp³-hybridized carbons (Fsp3) is 0.471. The van der Waals surface area contributed by atoms with Crippen molar-refractivity contribution in [2.24, 2.45) is 5.41 Å². The summed E-state index contributed by atoms with van der Waals surface area (Å²) in [7, 11) is -3.78. The summed E-state index contributed by atoms with van der Waals surface area (Å²) in [6.45, 7) is 0.354. The number of urea groups is 1. The molecule has 2 saturated heterocycles. The number of hydrogen-bond donors (Lipinski definition) is 2. The van der Waals surface area contributed by atoms with E-state index in [1.54, 1.807) is 0 Å². The average molecular weight is 427 g/mol. The van der Waals surface area contributed by atoms with E-state index in [1.165, 1.54) is 22.5 Å². The van der Waals surface area contributed by atoms with Crippen molar-refractivity contribution in [3.05, 3.63) is 23.2 Å². The van der Waals surface area contributed by atoms with E-state index >= 15 is 0 Å². The van der Waals surface area contributed by atoms with E-state index < -0.39 is 34.4 Å². The molecule has 2 heterocycles. The van der Waals surface area contributed by atoms with E-state index in [0.717, 1.165) is 24.2 Å². The molecule has 4 rings (SSSR count). The highest BCUT2D eigenvalue weighted by atomic mass is 35.5. The average Bonchev–Trinajstić information content (AvgIpc) is 3.15. The van der Waals surface area contributed by atoms with Crippen molar-refractivity contribution in [2.45, 2.75) is 24.2 Å². The maximum atomic E-state index is 13.0. The van der Waals surface area contributed by atoms with Crippen LogP contribution in [-0.2, 0) is 19.6 Å². The Balaban J connectivity index is 1.50. The predicted molar refractivity (Wildman–Crippen MR) is 100 cm³/mol. The molecule has 28 heavy (non-hydrogen) atoms. The van der Waals surface area contributed by atoms with Crippen LogP contribution in [0, 0.1) is 5.41 Å². The van der Waals surface area contributed by atoms with Crippen molar-refractivity contribution < 1.29 is 22.8 Å². The lowest BCUT2D eigenvalue weighted by atomic mass is 10.1. The largest absolute Gasteiger partial charge is 0.329 e. The highest BCUT2D eigenvalue weighted by Gasteiger charge is 2.50. The van der Waals surface area contributed by atoms with Crippen LogP contribution in [0.1, 0.15) is 19.3 Å². The van der Waals surface area contributed by atoms with Crippen LogP contribution in [0.25, 0.3) is 0 Å². The lowest BCUT2D eigenvalue weighted by Crippen LogP contribution is -2.38. The van der Waals surface area contributed by atoms with E-state index in [4.69, 9.17) is 11.6 Å². The molecule has 0 atom stereocenters. The summed E-state index contributed by atoms with van der Waals surface area (Å²) >= 11 is 6.13. The van der Waals surface area contributed by atoms with Gasteiger partial charge in [-0.25, -0.2) is 13.2 Å². The number of benzene rings is 1. The molecule has 11 heteroatoms. The summed E-state index contributed by atoms with van der Waals surface area (Å²) < 4.78 is 27.4. The van der Waals surface area contributed by atoms with Crippen molar-refractivity contribution >= 4 is 45.2 Å². The first kappa shape index (κ1) is 19.2. The Morgan fingerprint density at radius 3 is 2.61 bits per heavy atom. The highest BCUT2D eigenvalue weighted by molar-refractivity contribution is 7.89. The molecule has 1 aromatic carbocycles. The number of carbonyl (C=O) groups is 3. The Hall–Kier alpha value is -2.17. The van der Waals surface area contributed by atoms with E-state index in [-0.39, 0.29) is 27.6 Å². The molecule has 4 amide bonds. The number of hydrogen-bond acceptors (Lipinski definition) is 5. The minimum atomic E-state index is -3.78. The number of halogens is 1. The Labute approximate surface area is 167 Å². The normalized spacial score (nSPS) is 21.2. The van der Waals surface area contributed by atoms with Crippen LogP contribution in [0.5, 0.6) is 0 Å². The van der Waals surface area contributed by atoms with Gasteiger partial charge in [0, 0.05) is 18.8 Å². The maximum Gasteiger partial charge on any atom is 0.325 e. The fourth-order valence-corrected chi connectivity index (χ4v) is 5.62. The number of nitrogens with zero attached hydrogens (tertiary/aromatic N) is 2. The van der Waals surface area contributed by atoms with Crippen LogP contribution >= 0.6 is 11.6 Å². The standard InChI is InChI=1S/C17H19ClN4O5S/c18-12-2-1-11(20-14(23)9-22-15(24)8-19-16(22)25)7-13(12)28(26,27)21-6-5-17(10-21)3-4-17/h1-2,7H,3-6,8-10H2,(H,19,25)(H,20,23). The number of sulfonamides is 1. The number of carbonyl (C=O) groups excluding carboxylic acids is 3. The zero-order chi connectivity index (χ0) is 20.1. The minimum Gasteiger partial charge on any atom is -0.329 e. The number of rotatable bonds is 5. The molecule has 1 aliphatic carbocycles. The smallest absolute Gasteiger partial charge is 0.325 e. The van der Waals surface area contributed by atoms with Crippen LogP contribution in [0.15, 0.2) is 23.1 Å². The van der Waals surface area contributed by atoms with Crippen LogP contribution in [-0.4, -0.2) is 61.6 Å². The van der Waals surface area contributed by atoms with E-state index in [2.05, 4.69) is 10.6 Å². The Bertz CT molecular complexity index is 960. The lowest BCUT2D eigenvalue weighted by Gasteiger charge is -2.18. The second kappa shape index (κ2) is 6.71. The lowest BCUT2D eigenvalue weighted by molar-refractivity contribution is -0.128. The second-order valence-corrected chi connectivity index (χ2v) is 9.73. The molecule has 0 aromatic heterocycles. The first-order valence-corrected chi connectivity index (χ1v) is 10.7. The van der Waals surface area contributed by atoms with Gasteiger partial charge in [-0.05, 0) is 42.9 Å². The van der Waals surface area contributed by atoms with Gasteiger partial charge in [0.25, 0.3) is 5.91 Å². The van der Waals surface area contributed by atoms with Gasteiger partial charge in [-0.1, -0.05) is 11.6 Å². The molecular weight excluding hydrogens is 408 g/mol. The number of amides is 4. The van der Waals surface area contributed by atoms with Crippen LogP contribution < -0.4 is 10.6 Å². The van der Waals surface area contributed by atoms with Crippen molar-refractivity contribution in [3.63, 3.8) is 0 Å². The highest BCUT2D eigenvalue weighted by Crippen LogP contribution is 2.53. The van der Waals surface area contributed by atoms with Crippen LogP contribution in [0.3, 0.4) is 0 Å². The second-order valence-electron chi connectivity index (χ2n) is 7.42. The summed E-state index contributed by atoms with van der Waals surface area (Å²) in [6, 6.07) is 3.54. The molecule has 0 unspecified atom stereocenters. The molecule has 2 aliphatic heterocycles. The molecule has 3 aliphatic rings. The third kappa shape index (κ3) is 3.47. The van der Waals surface area contributed by atoms with Gasteiger partial charge < -0.3 is 10.6 Å². The summed E-state index contributed by atoms with van der Waals surface area (Å²) in [5.41, 5.74) is 0.356. The molecule has 0 radical (unpaired) electrons. The van der Waals surface area contributed by atoms with Gasteiger partial charge in [0.15, 0.2) is 0 Å². The Kier molecular flexibility index (Phi) is 4.59. The van der Waals surface area contributed by atoms with Crippen molar-refractivity contribution in [2.75, 3.05) is 31.5 Å². The monoisotopic (exact) mass is 426 g/mol. The topological polar surface area (TPSA) is 116 Å². The Morgan fingerprint density at radius 2 is 2.00 bits per heavy atom. The molecule has 0 bridgehead atoms. The van der Waals surface area contributed by atoms with Gasteiger partial charge in [0.2, 0.25) is 15.9 Å². The number of nitrogens with one attached hydrogen (secondary N) is 2. The third-order valence-electron chi connectivity index (χ3n) is 5.43. The van der Waals surface area contributed by atoms with E-state index in [9.17, 15) is 22.8 Å². The van der Waals surface area contributed by atoms with Crippen LogP contribution in [0.4, 0.5) is 10.5 Å². The molecule has 3 fully saturated rings. The van der Waals surface area contributed by atoms with Gasteiger partial charge in [-0.15, -0.1) is 0 Å². The van der Waals surface area contributed by atoms with E-state index in [0.29, 0.717) is 13.1 Å². The van der Waals surface area contributed by atoms with E-state index in [1.807, 2.05) is 0 Å². The van der Waals surface area contributed by atoms with Gasteiger partial charge in [0.1, 0.15) is 11.4 Å². The molecule has 1 aromatic rings. The molecule has 150 valence electrons. The number of anilines is 1. The van der Waals surface area contributed by atoms with Crippen molar-refractivity contribution in [1.82, 2.24) is 14.5 Å². The van der Waals surface area contributed by atoms with Gasteiger partial charge in [-0.2, -0.15) is 4.31 Å². The maximum absolute atomic E-state index is 13.0. The van der Waals surface area contributed by atoms with Crippen molar-refractivity contribution in [3.8, 4) is 0 Å². The summed E-state index contributed by atoms with van der Waals surface area (Å²) in [6.07, 6.45) is 2.95.